The Morgan fingerprint density at radius 2 is 2.14 bits per heavy atom. The molecular weight excluding hydrogens is 178 g/mol. The molecule has 1 aliphatic rings. The molecule has 0 unspecified atom stereocenters. The third kappa shape index (κ3) is 1.18. The topological polar surface area (TPSA) is 40.5 Å². The highest BCUT2D eigenvalue weighted by Crippen LogP contribution is 2.31. The molecule has 0 aromatic heterocycles. The number of carbonyl (C=O) groups is 1. The van der Waals surface area contributed by atoms with Crippen LogP contribution in [0.25, 0.3) is 5.76 Å². The minimum absolute atomic E-state index is 0.105. The van der Waals surface area contributed by atoms with Crippen LogP contribution in [-0.4, -0.2) is 25.0 Å². The average molecular weight is 189 g/mol. The number of hydrogen-bond acceptors (Lipinski definition) is 3. The van der Waals surface area contributed by atoms with E-state index in [0.29, 0.717) is 18.4 Å². The predicted octanol–water partition coefficient (Wildman–Crippen LogP) is 1.60. The number of carbonyl (C=O) groups excluding carboxylic acids is 1. The Bertz CT molecular complexity index is 410. The molecule has 0 spiro atoms. The van der Waals surface area contributed by atoms with Gasteiger partial charge in [0.05, 0.1) is 5.57 Å². The number of anilines is 1. The molecule has 3 heteroatoms. The third-order valence-electron chi connectivity index (χ3n) is 2.42. The molecule has 3 nitrogen and oxygen atoms in total. The minimum atomic E-state index is 0.105. The molecule has 72 valence electrons. The van der Waals surface area contributed by atoms with Crippen LogP contribution < -0.4 is 4.90 Å². The first-order valence-electron chi connectivity index (χ1n) is 4.42. The summed E-state index contributed by atoms with van der Waals surface area (Å²) in [7, 11) is 1.90. The van der Waals surface area contributed by atoms with Crippen LogP contribution >= 0.6 is 0 Å². The van der Waals surface area contributed by atoms with Crippen LogP contribution in [0.3, 0.4) is 0 Å². The summed E-state index contributed by atoms with van der Waals surface area (Å²) in [6, 6.07) is 7.49. The van der Waals surface area contributed by atoms with Crippen LogP contribution in [0.5, 0.6) is 0 Å². The van der Waals surface area contributed by atoms with E-state index < -0.39 is 0 Å². The third-order valence-corrected chi connectivity index (χ3v) is 2.42. The number of para-hydroxylation sites is 1. The van der Waals surface area contributed by atoms with Crippen molar-refractivity contribution in [2.24, 2.45) is 0 Å². The van der Waals surface area contributed by atoms with Crippen molar-refractivity contribution in [3.63, 3.8) is 0 Å². The lowest BCUT2D eigenvalue weighted by atomic mass is 10.0. The van der Waals surface area contributed by atoms with Gasteiger partial charge in [-0.05, 0) is 12.1 Å². The summed E-state index contributed by atoms with van der Waals surface area (Å²) in [5.74, 6) is 0.105. The Hall–Kier alpha value is -1.77. The lowest BCUT2D eigenvalue weighted by Crippen LogP contribution is -2.26. The van der Waals surface area contributed by atoms with Gasteiger partial charge in [0, 0.05) is 24.8 Å². The van der Waals surface area contributed by atoms with E-state index in [9.17, 15) is 9.90 Å². The number of fused-ring (bicyclic) bond motifs is 1. The van der Waals surface area contributed by atoms with Gasteiger partial charge in [0.1, 0.15) is 5.76 Å². The van der Waals surface area contributed by atoms with Crippen molar-refractivity contribution in [2.45, 2.75) is 0 Å². The molecule has 1 aromatic rings. The molecule has 0 saturated heterocycles. The smallest absolute Gasteiger partial charge is 0.151 e. The Kier molecular flexibility index (Phi) is 2.00. The van der Waals surface area contributed by atoms with Gasteiger partial charge < -0.3 is 10.0 Å². The van der Waals surface area contributed by atoms with Crippen molar-refractivity contribution >= 4 is 17.7 Å². The lowest BCUT2D eigenvalue weighted by Gasteiger charge is -2.27. The normalized spacial score (nSPS) is 15.4. The Balaban J connectivity index is 2.62. The van der Waals surface area contributed by atoms with Crippen molar-refractivity contribution in [2.75, 3.05) is 18.5 Å². The highest BCUT2D eigenvalue weighted by atomic mass is 16.3. The number of aliphatic hydroxyl groups excluding tert-OH is 1. The van der Waals surface area contributed by atoms with E-state index in [-0.39, 0.29) is 5.76 Å². The second-order valence-electron chi connectivity index (χ2n) is 3.36. The quantitative estimate of drug-likeness (QED) is 0.682. The van der Waals surface area contributed by atoms with Crippen LogP contribution in [-0.2, 0) is 4.79 Å². The Morgan fingerprint density at radius 1 is 1.43 bits per heavy atom. The van der Waals surface area contributed by atoms with E-state index in [0.717, 1.165) is 11.3 Å². The molecule has 1 N–H and O–H groups in total. The summed E-state index contributed by atoms with van der Waals surface area (Å²) in [5.41, 5.74) is 2.12. The zero-order valence-electron chi connectivity index (χ0n) is 7.90. The van der Waals surface area contributed by atoms with E-state index in [1.165, 1.54) is 0 Å². The summed E-state index contributed by atoms with van der Waals surface area (Å²) in [6.45, 7) is 0.465. The molecule has 1 aliphatic heterocycles. The van der Waals surface area contributed by atoms with Gasteiger partial charge in [0.15, 0.2) is 6.29 Å². The molecule has 0 radical (unpaired) electrons. The summed E-state index contributed by atoms with van der Waals surface area (Å²) in [6.07, 6.45) is 0.710. The number of hydrogen-bond donors (Lipinski definition) is 1. The summed E-state index contributed by atoms with van der Waals surface area (Å²) >= 11 is 0. The van der Waals surface area contributed by atoms with E-state index in [1.807, 2.05) is 36.2 Å². The zero-order valence-corrected chi connectivity index (χ0v) is 7.90. The summed E-state index contributed by atoms with van der Waals surface area (Å²) in [5, 5.41) is 9.76. The average Bonchev–Trinajstić information content (AvgIpc) is 2.23. The number of nitrogens with zero attached hydrogens (tertiary/aromatic N) is 1. The number of likely N-dealkylation sites (N-methyl/N-ethyl adjacent to an activating group) is 1. The van der Waals surface area contributed by atoms with Crippen molar-refractivity contribution < 1.29 is 9.90 Å². The molecule has 0 atom stereocenters. The van der Waals surface area contributed by atoms with Gasteiger partial charge in [0.2, 0.25) is 0 Å². The SMILES string of the molecule is CN1CC(C=O)=C(O)c2ccccc21. The van der Waals surface area contributed by atoms with Crippen LogP contribution in [0, 0.1) is 0 Å². The Labute approximate surface area is 82.3 Å². The van der Waals surface area contributed by atoms with Crippen LogP contribution in [0.4, 0.5) is 5.69 Å². The second-order valence-corrected chi connectivity index (χ2v) is 3.36. The summed E-state index contributed by atoms with van der Waals surface area (Å²) < 4.78 is 0. The highest BCUT2D eigenvalue weighted by Gasteiger charge is 2.20. The molecule has 0 fully saturated rings. The van der Waals surface area contributed by atoms with Crippen LogP contribution in [0.1, 0.15) is 5.56 Å². The molecule has 0 aliphatic carbocycles. The second kappa shape index (κ2) is 3.18. The maximum absolute atomic E-state index is 10.7. The first-order valence-corrected chi connectivity index (χ1v) is 4.42. The molecule has 2 rings (SSSR count). The maximum atomic E-state index is 10.7. The van der Waals surface area contributed by atoms with Gasteiger partial charge in [0.25, 0.3) is 0 Å². The molecular formula is C11H11NO2. The van der Waals surface area contributed by atoms with Crippen molar-refractivity contribution in [3.05, 3.63) is 35.4 Å². The maximum Gasteiger partial charge on any atom is 0.151 e. The van der Waals surface area contributed by atoms with E-state index in [1.54, 1.807) is 0 Å². The highest BCUT2D eigenvalue weighted by molar-refractivity contribution is 5.92. The molecule has 0 saturated carbocycles. The fourth-order valence-electron chi connectivity index (χ4n) is 1.69. The predicted molar refractivity (Wildman–Crippen MR) is 55.3 cm³/mol. The minimum Gasteiger partial charge on any atom is -0.507 e. The van der Waals surface area contributed by atoms with Gasteiger partial charge in [-0.15, -0.1) is 0 Å². The zero-order chi connectivity index (χ0) is 10.1. The van der Waals surface area contributed by atoms with E-state index >= 15 is 0 Å². The number of aliphatic hydroxyl groups is 1. The Morgan fingerprint density at radius 3 is 2.86 bits per heavy atom. The molecule has 0 amide bonds. The lowest BCUT2D eigenvalue weighted by molar-refractivity contribution is -0.104. The van der Waals surface area contributed by atoms with Crippen LogP contribution in [0.2, 0.25) is 0 Å². The van der Waals surface area contributed by atoms with E-state index in [2.05, 4.69) is 0 Å². The van der Waals surface area contributed by atoms with Gasteiger partial charge >= 0.3 is 0 Å². The fraction of sp³-hybridized carbons (Fsp3) is 0.182. The first-order chi connectivity index (χ1) is 6.74. The molecule has 1 heterocycles. The number of benzene rings is 1. The monoisotopic (exact) mass is 189 g/mol. The molecule has 1 aromatic carbocycles. The largest absolute Gasteiger partial charge is 0.507 e. The van der Waals surface area contributed by atoms with E-state index in [4.69, 9.17) is 0 Å². The summed E-state index contributed by atoms with van der Waals surface area (Å²) in [4.78, 5) is 12.6. The van der Waals surface area contributed by atoms with Crippen molar-refractivity contribution in [1.82, 2.24) is 0 Å². The molecule has 0 bridgehead atoms. The van der Waals surface area contributed by atoms with Gasteiger partial charge in [-0.25, -0.2) is 0 Å². The van der Waals surface area contributed by atoms with Crippen LogP contribution in [0.15, 0.2) is 29.8 Å². The number of aldehydes is 1. The molecule has 14 heavy (non-hydrogen) atoms. The van der Waals surface area contributed by atoms with Gasteiger partial charge in [-0.3, -0.25) is 4.79 Å². The van der Waals surface area contributed by atoms with Crippen molar-refractivity contribution in [1.29, 1.82) is 0 Å². The van der Waals surface area contributed by atoms with Gasteiger partial charge in [-0.1, -0.05) is 12.1 Å². The number of rotatable bonds is 1. The first kappa shape index (κ1) is 8.81. The standard InChI is InChI=1S/C11H11NO2/c1-12-6-8(7-13)11(14)9-4-2-3-5-10(9)12/h2-5,7,14H,6H2,1H3. The van der Waals surface area contributed by atoms with Gasteiger partial charge in [-0.2, -0.15) is 0 Å². The van der Waals surface area contributed by atoms with Crippen molar-refractivity contribution in [3.8, 4) is 0 Å². The fourth-order valence-corrected chi connectivity index (χ4v) is 1.69.